The number of carbonyl (C=O) groups excluding carboxylic acids is 1. The first-order valence-electron chi connectivity index (χ1n) is 7.21. The van der Waals surface area contributed by atoms with E-state index in [2.05, 4.69) is 0 Å². The second-order valence-electron chi connectivity index (χ2n) is 5.25. The topological polar surface area (TPSA) is 29.5 Å². The molecule has 1 fully saturated rings. The molecule has 19 heavy (non-hydrogen) atoms. The quantitative estimate of drug-likeness (QED) is 0.779. The molecule has 1 amide bonds. The van der Waals surface area contributed by atoms with E-state index in [9.17, 15) is 4.79 Å². The molecule has 1 saturated carbocycles. The molecule has 1 aromatic carbocycles. The lowest BCUT2D eigenvalue weighted by molar-refractivity contribution is -0.134. The third-order valence-electron chi connectivity index (χ3n) is 3.87. The van der Waals surface area contributed by atoms with Crippen LogP contribution in [-0.2, 0) is 4.79 Å². The summed E-state index contributed by atoms with van der Waals surface area (Å²) in [5, 5.41) is 0. The summed E-state index contributed by atoms with van der Waals surface area (Å²) in [6, 6.07) is 9.91. The van der Waals surface area contributed by atoms with Crippen molar-refractivity contribution >= 4 is 5.91 Å². The Morgan fingerprint density at radius 2 is 1.79 bits per heavy atom. The van der Waals surface area contributed by atoms with Crippen molar-refractivity contribution in [1.29, 1.82) is 0 Å². The SMILES string of the molecule is CN(C(=O)COc1ccccc1)C1CCCCCC1. The molecule has 0 bridgehead atoms. The van der Waals surface area contributed by atoms with Crippen molar-refractivity contribution in [3.05, 3.63) is 30.3 Å². The Labute approximate surface area is 115 Å². The summed E-state index contributed by atoms with van der Waals surface area (Å²) in [5.74, 6) is 0.834. The van der Waals surface area contributed by atoms with Crippen LogP contribution >= 0.6 is 0 Å². The summed E-state index contributed by atoms with van der Waals surface area (Å²) in [6.45, 7) is 0.136. The van der Waals surface area contributed by atoms with Gasteiger partial charge in [-0.25, -0.2) is 0 Å². The van der Waals surface area contributed by atoms with Gasteiger partial charge in [-0.2, -0.15) is 0 Å². The number of amides is 1. The van der Waals surface area contributed by atoms with Crippen LogP contribution in [0.4, 0.5) is 0 Å². The van der Waals surface area contributed by atoms with Crippen LogP contribution in [0.2, 0.25) is 0 Å². The van der Waals surface area contributed by atoms with E-state index in [1.807, 2.05) is 42.3 Å². The molecule has 0 N–H and O–H groups in total. The first-order chi connectivity index (χ1) is 9.27. The minimum Gasteiger partial charge on any atom is -0.484 e. The first-order valence-corrected chi connectivity index (χ1v) is 7.21. The first kappa shape index (κ1) is 13.9. The predicted molar refractivity (Wildman–Crippen MR) is 76.2 cm³/mol. The number of benzene rings is 1. The van der Waals surface area contributed by atoms with Gasteiger partial charge in [0.1, 0.15) is 5.75 Å². The molecule has 104 valence electrons. The van der Waals surface area contributed by atoms with Gasteiger partial charge in [-0.1, -0.05) is 43.9 Å². The lowest BCUT2D eigenvalue weighted by atomic mass is 10.1. The summed E-state index contributed by atoms with van der Waals surface area (Å²) >= 11 is 0. The van der Waals surface area contributed by atoms with Gasteiger partial charge in [-0.3, -0.25) is 4.79 Å². The standard InChI is InChI=1S/C16H23NO2/c1-17(14-9-5-2-3-6-10-14)16(18)13-19-15-11-7-4-8-12-15/h4,7-8,11-12,14H,2-3,5-6,9-10,13H2,1H3. The molecule has 1 aromatic rings. The van der Waals surface area contributed by atoms with Crippen LogP contribution in [0, 0.1) is 0 Å². The van der Waals surface area contributed by atoms with Gasteiger partial charge in [0.2, 0.25) is 0 Å². The van der Waals surface area contributed by atoms with Crippen molar-refractivity contribution in [2.24, 2.45) is 0 Å². The molecule has 3 heteroatoms. The molecule has 0 radical (unpaired) electrons. The molecule has 0 unspecified atom stereocenters. The van der Waals surface area contributed by atoms with E-state index in [-0.39, 0.29) is 12.5 Å². The monoisotopic (exact) mass is 261 g/mol. The van der Waals surface area contributed by atoms with E-state index in [1.54, 1.807) is 0 Å². The molecular weight excluding hydrogens is 238 g/mol. The van der Waals surface area contributed by atoms with E-state index >= 15 is 0 Å². The molecule has 1 aliphatic rings. The summed E-state index contributed by atoms with van der Waals surface area (Å²) in [5.41, 5.74) is 0. The molecular formula is C16H23NO2. The van der Waals surface area contributed by atoms with Crippen LogP contribution in [0.25, 0.3) is 0 Å². The van der Waals surface area contributed by atoms with E-state index in [0.717, 1.165) is 18.6 Å². The van der Waals surface area contributed by atoms with E-state index < -0.39 is 0 Å². The smallest absolute Gasteiger partial charge is 0.260 e. The van der Waals surface area contributed by atoms with Crippen molar-refractivity contribution in [2.75, 3.05) is 13.7 Å². The molecule has 0 spiro atoms. The molecule has 0 atom stereocenters. The lowest BCUT2D eigenvalue weighted by Gasteiger charge is -2.27. The average molecular weight is 261 g/mol. The molecule has 2 rings (SSSR count). The maximum absolute atomic E-state index is 12.1. The fourth-order valence-electron chi connectivity index (χ4n) is 2.61. The van der Waals surface area contributed by atoms with Crippen LogP contribution in [-0.4, -0.2) is 30.5 Å². The summed E-state index contributed by atoms with van der Waals surface area (Å²) in [6.07, 6.45) is 7.35. The largest absolute Gasteiger partial charge is 0.484 e. The highest BCUT2D eigenvalue weighted by Crippen LogP contribution is 2.21. The fourth-order valence-corrected chi connectivity index (χ4v) is 2.61. The lowest BCUT2D eigenvalue weighted by Crippen LogP contribution is -2.39. The average Bonchev–Trinajstić information content (AvgIpc) is 2.74. The highest BCUT2D eigenvalue weighted by Gasteiger charge is 2.21. The number of rotatable bonds is 4. The van der Waals surface area contributed by atoms with Crippen LogP contribution in [0.1, 0.15) is 38.5 Å². The number of hydrogen-bond donors (Lipinski definition) is 0. The van der Waals surface area contributed by atoms with Gasteiger partial charge in [-0.05, 0) is 25.0 Å². The molecule has 3 nitrogen and oxygen atoms in total. The summed E-state index contributed by atoms with van der Waals surface area (Å²) in [4.78, 5) is 14.0. The van der Waals surface area contributed by atoms with Crippen molar-refractivity contribution in [2.45, 2.75) is 44.6 Å². The van der Waals surface area contributed by atoms with Crippen molar-refractivity contribution in [3.8, 4) is 5.75 Å². The minimum atomic E-state index is 0.0794. The van der Waals surface area contributed by atoms with Gasteiger partial charge >= 0.3 is 0 Å². The number of carbonyl (C=O) groups is 1. The predicted octanol–water partition coefficient (Wildman–Crippen LogP) is 3.25. The van der Waals surface area contributed by atoms with Crippen LogP contribution in [0.3, 0.4) is 0 Å². The maximum atomic E-state index is 12.1. The maximum Gasteiger partial charge on any atom is 0.260 e. The Balaban J connectivity index is 1.81. The number of likely N-dealkylation sites (N-methyl/N-ethyl adjacent to an activating group) is 1. The molecule has 0 aromatic heterocycles. The fraction of sp³-hybridized carbons (Fsp3) is 0.562. The molecule has 1 aliphatic carbocycles. The zero-order chi connectivity index (χ0) is 13.5. The Bertz CT molecular complexity index is 383. The Morgan fingerprint density at radius 3 is 2.42 bits per heavy atom. The van der Waals surface area contributed by atoms with Gasteiger partial charge < -0.3 is 9.64 Å². The van der Waals surface area contributed by atoms with Gasteiger partial charge in [0.15, 0.2) is 6.61 Å². The summed E-state index contributed by atoms with van der Waals surface area (Å²) in [7, 11) is 1.91. The zero-order valence-electron chi connectivity index (χ0n) is 11.7. The highest BCUT2D eigenvalue weighted by atomic mass is 16.5. The zero-order valence-corrected chi connectivity index (χ0v) is 11.7. The van der Waals surface area contributed by atoms with E-state index in [1.165, 1.54) is 25.7 Å². The number of nitrogens with zero attached hydrogens (tertiary/aromatic N) is 1. The van der Waals surface area contributed by atoms with Crippen LogP contribution in [0.15, 0.2) is 30.3 Å². The highest BCUT2D eigenvalue weighted by molar-refractivity contribution is 5.77. The van der Waals surface area contributed by atoms with Crippen molar-refractivity contribution in [3.63, 3.8) is 0 Å². The van der Waals surface area contributed by atoms with Gasteiger partial charge in [-0.15, -0.1) is 0 Å². The second-order valence-corrected chi connectivity index (χ2v) is 5.25. The van der Waals surface area contributed by atoms with Crippen molar-refractivity contribution < 1.29 is 9.53 Å². The van der Waals surface area contributed by atoms with Crippen LogP contribution < -0.4 is 4.74 Å². The molecule has 0 aliphatic heterocycles. The summed E-state index contributed by atoms with van der Waals surface area (Å²) < 4.78 is 5.52. The second kappa shape index (κ2) is 7.17. The van der Waals surface area contributed by atoms with E-state index in [4.69, 9.17) is 4.74 Å². The Morgan fingerprint density at radius 1 is 1.16 bits per heavy atom. The Kier molecular flexibility index (Phi) is 5.25. The number of hydrogen-bond acceptors (Lipinski definition) is 2. The van der Waals surface area contributed by atoms with Gasteiger partial charge in [0, 0.05) is 13.1 Å². The normalized spacial score (nSPS) is 16.7. The van der Waals surface area contributed by atoms with Gasteiger partial charge in [0.05, 0.1) is 0 Å². The van der Waals surface area contributed by atoms with Crippen LogP contribution in [0.5, 0.6) is 5.75 Å². The third-order valence-corrected chi connectivity index (χ3v) is 3.87. The number of para-hydroxylation sites is 1. The van der Waals surface area contributed by atoms with Gasteiger partial charge in [0.25, 0.3) is 5.91 Å². The number of ether oxygens (including phenoxy) is 1. The van der Waals surface area contributed by atoms with E-state index in [0.29, 0.717) is 6.04 Å². The third kappa shape index (κ3) is 4.27. The molecule has 0 saturated heterocycles. The Hall–Kier alpha value is -1.51. The molecule has 0 heterocycles. The van der Waals surface area contributed by atoms with Crippen molar-refractivity contribution in [1.82, 2.24) is 4.90 Å². The minimum absolute atomic E-state index is 0.0794.